The number of rotatable bonds is 4. The summed E-state index contributed by atoms with van der Waals surface area (Å²) >= 11 is 0. The molecule has 0 unspecified atom stereocenters. The number of nitrogens with one attached hydrogen (secondary N) is 1. The van der Waals surface area contributed by atoms with E-state index in [0.717, 1.165) is 0 Å². The smallest absolute Gasteiger partial charge is 0.225 e. The van der Waals surface area contributed by atoms with Gasteiger partial charge < -0.3 is 20.3 Å². The summed E-state index contributed by atoms with van der Waals surface area (Å²) in [5.74, 6) is 0.147. The number of hydrogen-bond donors (Lipinski definition) is 3. The molecule has 9 nitrogen and oxygen atoms in total. The number of amides is 1. The first kappa shape index (κ1) is 14.8. The maximum absolute atomic E-state index is 11.5. The van der Waals surface area contributed by atoms with E-state index in [9.17, 15) is 9.90 Å². The highest BCUT2D eigenvalue weighted by Gasteiger charge is 2.36. The summed E-state index contributed by atoms with van der Waals surface area (Å²) in [6.45, 7) is 1.58. The van der Waals surface area contributed by atoms with Crippen LogP contribution in [0.4, 0.5) is 5.82 Å². The van der Waals surface area contributed by atoms with E-state index in [1.54, 1.807) is 11.5 Å². The fourth-order valence-corrected chi connectivity index (χ4v) is 2.45. The Morgan fingerprint density at radius 2 is 2.32 bits per heavy atom. The van der Waals surface area contributed by atoms with Crippen LogP contribution < -0.4 is 5.32 Å². The Hall–Kier alpha value is -2.10. The van der Waals surface area contributed by atoms with Gasteiger partial charge >= 0.3 is 0 Å². The molecule has 0 bridgehead atoms. The van der Waals surface area contributed by atoms with Gasteiger partial charge in [0, 0.05) is 12.8 Å². The molecule has 0 radical (unpaired) electrons. The summed E-state index contributed by atoms with van der Waals surface area (Å²) in [5, 5.41) is 21.9. The number of fused-ring (bicyclic) bond motifs is 1. The van der Waals surface area contributed by atoms with E-state index in [-0.39, 0.29) is 12.5 Å². The molecule has 0 spiro atoms. The lowest BCUT2D eigenvalue weighted by atomic mass is 10.2. The minimum atomic E-state index is -0.766. The zero-order valence-electron chi connectivity index (χ0n) is 12.0. The van der Waals surface area contributed by atoms with E-state index in [2.05, 4.69) is 20.3 Å². The summed E-state index contributed by atoms with van der Waals surface area (Å²) in [4.78, 5) is 23.9. The maximum atomic E-state index is 11.5. The van der Waals surface area contributed by atoms with Gasteiger partial charge in [-0.25, -0.2) is 15.0 Å². The van der Waals surface area contributed by atoms with Crippen molar-refractivity contribution in [3.63, 3.8) is 0 Å². The molecule has 0 aliphatic carbocycles. The van der Waals surface area contributed by atoms with Crippen LogP contribution in [-0.4, -0.2) is 54.5 Å². The van der Waals surface area contributed by atoms with E-state index in [4.69, 9.17) is 9.84 Å². The zero-order valence-corrected chi connectivity index (χ0v) is 12.0. The van der Waals surface area contributed by atoms with Gasteiger partial charge in [-0.05, 0) is 0 Å². The highest BCUT2D eigenvalue weighted by molar-refractivity contribution is 5.96. The second kappa shape index (κ2) is 5.95. The normalized spacial score (nSPS) is 24.8. The molecular formula is C13H17N5O4. The molecule has 2 aromatic rings. The Kier molecular flexibility index (Phi) is 4.01. The number of aromatic nitrogens is 4. The number of anilines is 1. The molecule has 1 aliphatic heterocycles. The standard InChI is InChI=1S/C13H17N5O4/c1-2-9(21)17-11-10-12(15-5-14-11)18(6-16-10)13-8(20)3-7(4-19)22-13/h5-8,13,19-20H,2-4H2,1H3,(H,14,15,17,21)/t7-,8-,13+/m0/s1. The van der Waals surface area contributed by atoms with Crippen LogP contribution in [0.2, 0.25) is 0 Å². The molecular weight excluding hydrogens is 290 g/mol. The van der Waals surface area contributed by atoms with Gasteiger partial charge in [-0.2, -0.15) is 0 Å². The Bertz CT molecular complexity index is 688. The number of aliphatic hydroxyl groups excluding tert-OH is 2. The van der Waals surface area contributed by atoms with Crippen LogP contribution >= 0.6 is 0 Å². The summed E-state index contributed by atoms with van der Waals surface area (Å²) < 4.78 is 7.17. The minimum absolute atomic E-state index is 0.160. The quantitative estimate of drug-likeness (QED) is 0.715. The van der Waals surface area contributed by atoms with Gasteiger partial charge in [0.05, 0.1) is 19.0 Å². The minimum Gasteiger partial charge on any atom is -0.394 e. The number of hydrogen-bond acceptors (Lipinski definition) is 7. The Balaban J connectivity index is 1.96. The van der Waals surface area contributed by atoms with Crippen LogP contribution in [0.5, 0.6) is 0 Å². The number of imidazole rings is 1. The van der Waals surface area contributed by atoms with E-state index < -0.39 is 18.4 Å². The third kappa shape index (κ3) is 2.54. The predicted octanol–water partition coefficient (Wildman–Crippen LogP) is -0.185. The van der Waals surface area contributed by atoms with Crippen molar-refractivity contribution in [1.29, 1.82) is 0 Å². The maximum Gasteiger partial charge on any atom is 0.225 e. The van der Waals surface area contributed by atoms with Gasteiger partial charge in [0.25, 0.3) is 0 Å². The van der Waals surface area contributed by atoms with Crippen LogP contribution in [0.1, 0.15) is 26.0 Å². The zero-order chi connectivity index (χ0) is 15.7. The average Bonchev–Trinajstić information content (AvgIpc) is 3.10. The number of carbonyl (C=O) groups excluding carboxylic acids is 1. The highest BCUT2D eigenvalue weighted by atomic mass is 16.5. The molecule has 3 N–H and O–H groups in total. The van der Waals surface area contributed by atoms with Crippen molar-refractivity contribution in [3.05, 3.63) is 12.7 Å². The van der Waals surface area contributed by atoms with Crippen molar-refractivity contribution in [1.82, 2.24) is 19.5 Å². The van der Waals surface area contributed by atoms with Crippen LogP contribution in [0.15, 0.2) is 12.7 Å². The number of aliphatic hydroxyl groups is 2. The van der Waals surface area contributed by atoms with Crippen LogP contribution in [0.3, 0.4) is 0 Å². The lowest BCUT2D eigenvalue weighted by Crippen LogP contribution is -2.19. The lowest BCUT2D eigenvalue weighted by Gasteiger charge is -2.16. The number of ether oxygens (including phenoxy) is 1. The summed E-state index contributed by atoms with van der Waals surface area (Å²) in [7, 11) is 0. The predicted molar refractivity (Wildman–Crippen MR) is 75.9 cm³/mol. The van der Waals surface area contributed by atoms with Crippen LogP contribution in [0, 0.1) is 0 Å². The molecule has 3 atom stereocenters. The van der Waals surface area contributed by atoms with Crippen molar-refractivity contribution in [3.8, 4) is 0 Å². The van der Waals surface area contributed by atoms with Crippen molar-refractivity contribution in [2.45, 2.75) is 38.2 Å². The second-order valence-electron chi connectivity index (χ2n) is 5.08. The van der Waals surface area contributed by atoms with Gasteiger partial charge in [-0.3, -0.25) is 9.36 Å². The molecule has 3 rings (SSSR count). The van der Waals surface area contributed by atoms with Crippen molar-refractivity contribution in [2.75, 3.05) is 11.9 Å². The van der Waals surface area contributed by atoms with E-state index in [1.807, 2.05) is 0 Å². The SMILES string of the molecule is CCC(=O)Nc1ncnc2c1ncn2[C@@H]1O[C@H](CO)C[C@@H]1O. The summed E-state index contributed by atoms with van der Waals surface area (Å²) in [5.41, 5.74) is 0.872. The topological polar surface area (TPSA) is 122 Å². The first-order chi connectivity index (χ1) is 10.6. The van der Waals surface area contributed by atoms with Gasteiger partial charge in [0.1, 0.15) is 12.4 Å². The van der Waals surface area contributed by atoms with Gasteiger partial charge in [-0.15, -0.1) is 0 Å². The van der Waals surface area contributed by atoms with Crippen molar-refractivity contribution in [2.24, 2.45) is 0 Å². The summed E-state index contributed by atoms with van der Waals surface area (Å²) in [6.07, 6.45) is 1.61. The molecule has 1 fully saturated rings. The first-order valence-electron chi connectivity index (χ1n) is 7.05. The third-order valence-corrected chi connectivity index (χ3v) is 3.58. The molecule has 1 aliphatic rings. The molecule has 2 aromatic heterocycles. The molecule has 22 heavy (non-hydrogen) atoms. The molecule has 0 aromatic carbocycles. The van der Waals surface area contributed by atoms with Crippen molar-refractivity contribution >= 4 is 22.9 Å². The molecule has 1 saturated heterocycles. The highest BCUT2D eigenvalue weighted by Crippen LogP contribution is 2.31. The Morgan fingerprint density at radius 3 is 3.00 bits per heavy atom. The summed E-state index contributed by atoms with van der Waals surface area (Å²) in [6, 6.07) is 0. The lowest BCUT2D eigenvalue weighted by molar-refractivity contribution is -0.115. The van der Waals surface area contributed by atoms with Crippen LogP contribution in [0.25, 0.3) is 11.2 Å². The number of nitrogens with zero attached hydrogens (tertiary/aromatic N) is 4. The largest absolute Gasteiger partial charge is 0.394 e. The number of carbonyl (C=O) groups is 1. The van der Waals surface area contributed by atoms with Gasteiger partial charge in [0.2, 0.25) is 5.91 Å². The Labute approximate surface area is 126 Å². The molecule has 9 heteroatoms. The monoisotopic (exact) mass is 307 g/mol. The van der Waals surface area contributed by atoms with E-state index in [0.29, 0.717) is 29.8 Å². The van der Waals surface area contributed by atoms with Crippen LogP contribution in [-0.2, 0) is 9.53 Å². The first-order valence-corrected chi connectivity index (χ1v) is 7.05. The average molecular weight is 307 g/mol. The molecule has 0 saturated carbocycles. The fourth-order valence-electron chi connectivity index (χ4n) is 2.45. The van der Waals surface area contributed by atoms with Gasteiger partial charge in [0.15, 0.2) is 23.2 Å². The van der Waals surface area contributed by atoms with Crippen molar-refractivity contribution < 1.29 is 19.7 Å². The van der Waals surface area contributed by atoms with E-state index >= 15 is 0 Å². The third-order valence-electron chi connectivity index (χ3n) is 3.58. The fraction of sp³-hybridized carbons (Fsp3) is 0.538. The van der Waals surface area contributed by atoms with E-state index in [1.165, 1.54) is 12.7 Å². The molecule has 118 valence electrons. The molecule has 3 heterocycles. The Morgan fingerprint density at radius 1 is 1.50 bits per heavy atom. The van der Waals surface area contributed by atoms with Gasteiger partial charge in [-0.1, -0.05) is 6.92 Å². The molecule has 1 amide bonds. The second-order valence-corrected chi connectivity index (χ2v) is 5.08.